The van der Waals surface area contributed by atoms with Crippen LogP contribution in [0.1, 0.15) is 29.5 Å². The zero-order valence-electron chi connectivity index (χ0n) is 8.30. The Hall–Kier alpha value is -1.29. The maximum Gasteiger partial charge on any atom is 0.0621 e. The molecule has 0 saturated heterocycles. The highest BCUT2D eigenvalue weighted by molar-refractivity contribution is 5.28. The van der Waals surface area contributed by atoms with Crippen LogP contribution in [-0.2, 0) is 6.42 Å². The first-order valence-electron chi connectivity index (χ1n) is 4.66. The minimum Gasteiger partial charge on any atom is -0.198 e. The van der Waals surface area contributed by atoms with E-state index in [1.807, 2.05) is 0 Å². The molecule has 0 aliphatic heterocycles. The Morgan fingerprint density at radius 2 is 1.77 bits per heavy atom. The Kier molecular flexibility index (Phi) is 3.52. The van der Waals surface area contributed by atoms with Gasteiger partial charge in [-0.1, -0.05) is 29.3 Å². The molecule has 0 radical (unpaired) electrons. The number of nitrogens with zero attached hydrogens (tertiary/aromatic N) is 1. The predicted octanol–water partition coefficient (Wildman–Crippen LogP) is 3.15. The topological polar surface area (TPSA) is 23.8 Å². The molecular formula is C12H15N. The molecule has 0 atom stereocenters. The molecule has 0 heterocycles. The van der Waals surface area contributed by atoms with Gasteiger partial charge in [0.25, 0.3) is 0 Å². The first-order valence-corrected chi connectivity index (χ1v) is 4.66. The number of benzene rings is 1. The average Bonchev–Trinajstić information content (AvgIpc) is 2.03. The Morgan fingerprint density at radius 1 is 1.15 bits per heavy atom. The van der Waals surface area contributed by atoms with Crippen LogP contribution in [0.5, 0.6) is 0 Å². The molecule has 0 saturated carbocycles. The van der Waals surface area contributed by atoms with Crippen LogP contribution in [-0.4, -0.2) is 0 Å². The van der Waals surface area contributed by atoms with Crippen LogP contribution in [0.15, 0.2) is 18.2 Å². The molecule has 0 unspecified atom stereocenters. The molecule has 68 valence electrons. The van der Waals surface area contributed by atoms with Crippen molar-refractivity contribution in [3.05, 3.63) is 34.9 Å². The summed E-state index contributed by atoms with van der Waals surface area (Å²) in [6.07, 6.45) is 2.66. The lowest BCUT2D eigenvalue weighted by Crippen LogP contribution is -1.87. The smallest absolute Gasteiger partial charge is 0.0621 e. The zero-order valence-corrected chi connectivity index (χ0v) is 8.30. The Labute approximate surface area is 80.0 Å². The van der Waals surface area contributed by atoms with Crippen molar-refractivity contribution in [2.75, 3.05) is 0 Å². The summed E-state index contributed by atoms with van der Waals surface area (Å²) >= 11 is 0. The summed E-state index contributed by atoms with van der Waals surface area (Å²) in [6.45, 7) is 4.22. The minimum atomic E-state index is 0.660. The number of rotatable bonds is 3. The number of hydrogen-bond donors (Lipinski definition) is 0. The first kappa shape index (κ1) is 9.80. The Bertz CT molecular complexity index is 300. The van der Waals surface area contributed by atoms with E-state index in [0.29, 0.717) is 6.42 Å². The van der Waals surface area contributed by atoms with Gasteiger partial charge in [0, 0.05) is 6.42 Å². The van der Waals surface area contributed by atoms with Crippen molar-refractivity contribution in [3.8, 4) is 6.07 Å². The number of unbranched alkanes of at least 4 members (excludes halogenated alkanes) is 1. The fourth-order valence-electron chi connectivity index (χ4n) is 1.58. The van der Waals surface area contributed by atoms with Gasteiger partial charge in [-0.15, -0.1) is 0 Å². The van der Waals surface area contributed by atoms with E-state index >= 15 is 0 Å². The van der Waals surface area contributed by atoms with E-state index < -0.39 is 0 Å². The molecule has 0 spiro atoms. The van der Waals surface area contributed by atoms with Gasteiger partial charge < -0.3 is 0 Å². The second-order valence-electron chi connectivity index (χ2n) is 3.51. The van der Waals surface area contributed by atoms with Gasteiger partial charge in [0.1, 0.15) is 0 Å². The molecule has 0 aliphatic rings. The third-order valence-electron chi connectivity index (χ3n) is 2.04. The summed E-state index contributed by atoms with van der Waals surface area (Å²) in [6, 6.07) is 8.74. The number of hydrogen-bond acceptors (Lipinski definition) is 1. The standard InChI is InChI=1S/C12H15N/c1-10-7-11(2)9-12(8-10)5-3-4-6-13/h7-9H,3-5H2,1-2H3. The molecule has 1 aromatic rings. The largest absolute Gasteiger partial charge is 0.198 e. The molecule has 0 aromatic heterocycles. The lowest BCUT2D eigenvalue weighted by Gasteiger charge is -2.02. The van der Waals surface area contributed by atoms with Crippen LogP contribution in [0, 0.1) is 25.2 Å². The highest BCUT2D eigenvalue weighted by Crippen LogP contribution is 2.11. The minimum absolute atomic E-state index is 0.660. The third kappa shape index (κ3) is 3.29. The summed E-state index contributed by atoms with van der Waals surface area (Å²) in [5.41, 5.74) is 3.98. The van der Waals surface area contributed by atoms with Crippen molar-refractivity contribution in [1.82, 2.24) is 0 Å². The van der Waals surface area contributed by atoms with Crippen molar-refractivity contribution < 1.29 is 0 Å². The summed E-state index contributed by atoms with van der Waals surface area (Å²) in [4.78, 5) is 0. The lowest BCUT2D eigenvalue weighted by molar-refractivity contribution is 0.848. The molecule has 1 rings (SSSR count). The predicted molar refractivity (Wildman–Crippen MR) is 54.5 cm³/mol. The molecule has 0 aliphatic carbocycles. The molecule has 0 fully saturated rings. The van der Waals surface area contributed by atoms with E-state index in [1.165, 1.54) is 16.7 Å². The van der Waals surface area contributed by atoms with Gasteiger partial charge in [-0.25, -0.2) is 0 Å². The maximum absolute atomic E-state index is 8.40. The van der Waals surface area contributed by atoms with Crippen molar-refractivity contribution >= 4 is 0 Å². The monoisotopic (exact) mass is 173 g/mol. The summed E-state index contributed by atoms with van der Waals surface area (Å²) in [5.74, 6) is 0. The Morgan fingerprint density at radius 3 is 2.31 bits per heavy atom. The quantitative estimate of drug-likeness (QED) is 0.644. The van der Waals surface area contributed by atoms with E-state index in [2.05, 4.69) is 38.1 Å². The van der Waals surface area contributed by atoms with Gasteiger partial charge in [-0.05, 0) is 32.3 Å². The highest BCUT2D eigenvalue weighted by Gasteiger charge is 1.95. The molecule has 1 aromatic carbocycles. The van der Waals surface area contributed by atoms with E-state index in [1.54, 1.807) is 0 Å². The van der Waals surface area contributed by atoms with E-state index in [0.717, 1.165) is 12.8 Å². The van der Waals surface area contributed by atoms with Gasteiger partial charge in [0.05, 0.1) is 6.07 Å². The second kappa shape index (κ2) is 4.67. The van der Waals surface area contributed by atoms with E-state index in [-0.39, 0.29) is 0 Å². The third-order valence-corrected chi connectivity index (χ3v) is 2.04. The van der Waals surface area contributed by atoms with Crippen LogP contribution in [0.4, 0.5) is 0 Å². The van der Waals surface area contributed by atoms with Crippen molar-refractivity contribution in [3.63, 3.8) is 0 Å². The van der Waals surface area contributed by atoms with E-state index in [4.69, 9.17) is 5.26 Å². The van der Waals surface area contributed by atoms with Crippen molar-refractivity contribution in [2.24, 2.45) is 0 Å². The van der Waals surface area contributed by atoms with Crippen LogP contribution >= 0.6 is 0 Å². The molecule has 1 nitrogen and oxygen atoms in total. The van der Waals surface area contributed by atoms with E-state index in [9.17, 15) is 0 Å². The van der Waals surface area contributed by atoms with Gasteiger partial charge in [-0.3, -0.25) is 0 Å². The van der Waals surface area contributed by atoms with Crippen LogP contribution in [0.25, 0.3) is 0 Å². The average molecular weight is 173 g/mol. The van der Waals surface area contributed by atoms with Gasteiger partial charge in [0.2, 0.25) is 0 Å². The summed E-state index contributed by atoms with van der Waals surface area (Å²) in [5, 5.41) is 8.40. The van der Waals surface area contributed by atoms with Gasteiger partial charge in [0.15, 0.2) is 0 Å². The Balaban J connectivity index is 2.62. The molecule has 0 bridgehead atoms. The molecular weight excluding hydrogens is 158 g/mol. The van der Waals surface area contributed by atoms with Crippen molar-refractivity contribution in [1.29, 1.82) is 5.26 Å². The second-order valence-corrected chi connectivity index (χ2v) is 3.51. The van der Waals surface area contributed by atoms with Crippen LogP contribution in [0.2, 0.25) is 0 Å². The molecule has 1 heteroatoms. The molecule has 0 N–H and O–H groups in total. The van der Waals surface area contributed by atoms with Crippen LogP contribution < -0.4 is 0 Å². The fourth-order valence-corrected chi connectivity index (χ4v) is 1.58. The first-order chi connectivity index (χ1) is 6.22. The normalized spacial score (nSPS) is 9.62. The number of nitriles is 1. The van der Waals surface area contributed by atoms with Crippen molar-refractivity contribution in [2.45, 2.75) is 33.1 Å². The van der Waals surface area contributed by atoms with Crippen LogP contribution in [0.3, 0.4) is 0 Å². The molecule has 13 heavy (non-hydrogen) atoms. The summed E-state index contributed by atoms with van der Waals surface area (Å²) in [7, 11) is 0. The SMILES string of the molecule is Cc1cc(C)cc(CCCC#N)c1. The fraction of sp³-hybridized carbons (Fsp3) is 0.417. The maximum atomic E-state index is 8.40. The zero-order chi connectivity index (χ0) is 9.68. The summed E-state index contributed by atoms with van der Waals surface area (Å²) < 4.78 is 0. The highest BCUT2D eigenvalue weighted by atomic mass is 14.2. The number of aryl methyl sites for hydroxylation is 3. The lowest BCUT2D eigenvalue weighted by atomic mass is 10.0. The van der Waals surface area contributed by atoms with Gasteiger partial charge in [-0.2, -0.15) is 5.26 Å². The molecule has 0 amide bonds. The van der Waals surface area contributed by atoms with Gasteiger partial charge >= 0.3 is 0 Å².